The number of hydrogen-bond acceptors (Lipinski definition) is 3. The zero-order valence-corrected chi connectivity index (χ0v) is 11.4. The van der Waals surface area contributed by atoms with Gasteiger partial charge in [0.15, 0.2) is 0 Å². The first-order chi connectivity index (χ1) is 8.72. The molecule has 1 aliphatic rings. The number of ether oxygens (including phenoxy) is 1. The summed E-state index contributed by atoms with van der Waals surface area (Å²) >= 11 is 0. The molecular weight excluding hydrogens is 226 g/mol. The van der Waals surface area contributed by atoms with Gasteiger partial charge in [-0.3, -0.25) is 4.90 Å². The maximum absolute atomic E-state index is 9.47. The van der Waals surface area contributed by atoms with Gasteiger partial charge in [-0.2, -0.15) is 0 Å². The predicted molar refractivity (Wildman–Crippen MR) is 73.2 cm³/mol. The van der Waals surface area contributed by atoms with Crippen molar-refractivity contribution in [2.75, 3.05) is 19.6 Å². The largest absolute Gasteiger partial charge is 0.508 e. The van der Waals surface area contributed by atoms with Gasteiger partial charge in [0.05, 0.1) is 0 Å². The van der Waals surface area contributed by atoms with Crippen molar-refractivity contribution in [3.63, 3.8) is 0 Å². The number of phenols is 1. The first-order valence-corrected chi connectivity index (χ1v) is 6.93. The molecule has 0 aromatic heterocycles. The normalized spacial score (nSPS) is 17.8. The molecule has 0 saturated heterocycles. The number of hydrogen-bond donors (Lipinski definition) is 1. The van der Waals surface area contributed by atoms with Crippen LogP contribution in [0.1, 0.15) is 32.3 Å². The second-order valence-corrected chi connectivity index (χ2v) is 5.04. The smallest absolute Gasteiger partial charge is 0.123 e. The summed E-state index contributed by atoms with van der Waals surface area (Å²) in [7, 11) is 0. The molecule has 1 atom stereocenters. The first-order valence-electron chi connectivity index (χ1n) is 6.93. The van der Waals surface area contributed by atoms with Crippen molar-refractivity contribution < 1.29 is 9.84 Å². The number of benzene rings is 1. The molecule has 0 fully saturated rings. The Hall–Kier alpha value is -1.22. The van der Waals surface area contributed by atoms with Crippen LogP contribution >= 0.6 is 0 Å². The molecule has 1 unspecified atom stereocenters. The summed E-state index contributed by atoms with van der Waals surface area (Å²) in [5.41, 5.74) is 1.13. The Kier molecular flexibility index (Phi) is 4.48. The highest BCUT2D eigenvalue weighted by Crippen LogP contribution is 2.31. The van der Waals surface area contributed by atoms with Gasteiger partial charge in [0.25, 0.3) is 0 Å². The van der Waals surface area contributed by atoms with Crippen LogP contribution in [-0.2, 0) is 6.42 Å². The van der Waals surface area contributed by atoms with Gasteiger partial charge in [-0.05, 0) is 44.1 Å². The molecule has 0 radical (unpaired) electrons. The molecule has 0 saturated carbocycles. The summed E-state index contributed by atoms with van der Waals surface area (Å²) in [5, 5.41) is 9.47. The van der Waals surface area contributed by atoms with Crippen LogP contribution in [0.3, 0.4) is 0 Å². The van der Waals surface area contributed by atoms with Crippen molar-refractivity contribution in [2.45, 2.75) is 39.2 Å². The lowest BCUT2D eigenvalue weighted by Gasteiger charge is -2.24. The van der Waals surface area contributed by atoms with Crippen LogP contribution in [0, 0.1) is 0 Å². The maximum Gasteiger partial charge on any atom is 0.123 e. The Balaban J connectivity index is 1.93. The Labute approximate surface area is 109 Å². The minimum atomic E-state index is 0.236. The van der Waals surface area contributed by atoms with Crippen LogP contribution in [-0.4, -0.2) is 35.7 Å². The lowest BCUT2D eigenvalue weighted by molar-refractivity contribution is 0.150. The lowest BCUT2D eigenvalue weighted by Crippen LogP contribution is -2.35. The molecule has 3 heteroatoms. The van der Waals surface area contributed by atoms with E-state index in [0.29, 0.717) is 5.75 Å². The van der Waals surface area contributed by atoms with Crippen molar-refractivity contribution in [3.05, 3.63) is 23.8 Å². The zero-order valence-electron chi connectivity index (χ0n) is 11.4. The van der Waals surface area contributed by atoms with Gasteiger partial charge in [-0.15, -0.1) is 0 Å². The van der Waals surface area contributed by atoms with Crippen LogP contribution in [0.15, 0.2) is 18.2 Å². The standard InChI is InChI=1S/C15H23NO2/c1-3-7-16(8-4-2)11-14-10-12-9-13(17)5-6-15(12)18-14/h5-6,9,14,17H,3-4,7-8,10-11H2,1-2H3. The predicted octanol–water partition coefficient (Wildman–Crippen LogP) is 2.82. The van der Waals surface area contributed by atoms with Gasteiger partial charge in [0.1, 0.15) is 17.6 Å². The molecular formula is C15H23NO2. The molecule has 3 nitrogen and oxygen atoms in total. The summed E-state index contributed by atoms with van der Waals surface area (Å²) in [6.45, 7) is 7.68. The van der Waals surface area contributed by atoms with Crippen molar-refractivity contribution in [2.24, 2.45) is 0 Å². The summed E-state index contributed by atoms with van der Waals surface area (Å²) in [6.07, 6.45) is 3.51. The summed E-state index contributed by atoms with van der Waals surface area (Å²) in [5.74, 6) is 1.27. The quantitative estimate of drug-likeness (QED) is 0.841. The average molecular weight is 249 g/mol. The average Bonchev–Trinajstić information content (AvgIpc) is 2.71. The molecule has 18 heavy (non-hydrogen) atoms. The third-order valence-electron chi connectivity index (χ3n) is 3.33. The molecule has 0 aliphatic carbocycles. The third-order valence-corrected chi connectivity index (χ3v) is 3.33. The first kappa shape index (κ1) is 13.2. The Bertz CT molecular complexity index is 386. The van der Waals surface area contributed by atoms with E-state index in [1.807, 2.05) is 12.1 Å². The summed E-state index contributed by atoms with van der Waals surface area (Å²) in [4.78, 5) is 2.47. The molecule has 1 aromatic carbocycles. The number of phenolic OH excluding ortho intramolecular Hbond substituents is 1. The van der Waals surface area contributed by atoms with E-state index in [1.165, 1.54) is 12.8 Å². The van der Waals surface area contributed by atoms with Gasteiger partial charge in [0.2, 0.25) is 0 Å². The van der Waals surface area contributed by atoms with Crippen molar-refractivity contribution in [1.82, 2.24) is 4.90 Å². The van der Waals surface area contributed by atoms with E-state index in [1.54, 1.807) is 6.07 Å². The number of nitrogens with zero attached hydrogens (tertiary/aromatic N) is 1. The van der Waals surface area contributed by atoms with Crippen LogP contribution in [0.4, 0.5) is 0 Å². The van der Waals surface area contributed by atoms with Gasteiger partial charge in [0, 0.05) is 18.5 Å². The highest BCUT2D eigenvalue weighted by Gasteiger charge is 2.24. The second-order valence-electron chi connectivity index (χ2n) is 5.04. The SMILES string of the molecule is CCCN(CCC)CC1Cc2cc(O)ccc2O1. The zero-order chi connectivity index (χ0) is 13.0. The fourth-order valence-electron chi connectivity index (χ4n) is 2.62. The van der Waals surface area contributed by atoms with Crippen LogP contribution < -0.4 is 4.74 Å². The molecule has 100 valence electrons. The van der Waals surface area contributed by atoms with Crippen LogP contribution in [0.25, 0.3) is 0 Å². The number of rotatable bonds is 6. The van der Waals surface area contributed by atoms with E-state index in [-0.39, 0.29) is 6.10 Å². The van der Waals surface area contributed by atoms with Crippen molar-refractivity contribution in [3.8, 4) is 11.5 Å². The number of fused-ring (bicyclic) bond motifs is 1. The van der Waals surface area contributed by atoms with E-state index in [2.05, 4.69) is 18.7 Å². The van der Waals surface area contributed by atoms with Gasteiger partial charge in [-0.25, -0.2) is 0 Å². The van der Waals surface area contributed by atoms with E-state index < -0.39 is 0 Å². The minimum Gasteiger partial charge on any atom is -0.508 e. The topological polar surface area (TPSA) is 32.7 Å². The highest BCUT2D eigenvalue weighted by molar-refractivity contribution is 5.42. The molecule has 1 N–H and O–H groups in total. The molecule has 2 rings (SSSR count). The molecule has 0 bridgehead atoms. The van der Waals surface area contributed by atoms with Gasteiger partial charge < -0.3 is 9.84 Å². The molecule has 1 aromatic rings. The van der Waals surface area contributed by atoms with Crippen molar-refractivity contribution in [1.29, 1.82) is 0 Å². The molecule has 0 amide bonds. The van der Waals surface area contributed by atoms with Gasteiger partial charge in [-0.1, -0.05) is 13.8 Å². The van der Waals surface area contributed by atoms with E-state index in [9.17, 15) is 5.11 Å². The molecule has 0 spiro atoms. The maximum atomic E-state index is 9.47. The fourth-order valence-corrected chi connectivity index (χ4v) is 2.62. The van der Waals surface area contributed by atoms with E-state index in [0.717, 1.165) is 37.4 Å². The van der Waals surface area contributed by atoms with Gasteiger partial charge >= 0.3 is 0 Å². The van der Waals surface area contributed by atoms with Crippen LogP contribution in [0.5, 0.6) is 11.5 Å². The highest BCUT2D eigenvalue weighted by atomic mass is 16.5. The molecule has 1 heterocycles. The Morgan fingerprint density at radius 1 is 1.28 bits per heavy atom. The molecule has 1 aliphatic heterocycles. The summed E-state index contributed by atoms with van der Waals surface area (Å²) in [6, 6.07) is 5.38. The Morgan fingerprint density at radius 2 is 2.00 bits per heavy atom. The monoisotopic (exact) mass is 249 g/mol. The van der Waals surface area contributed by atoms with E-state index >= 15 is 0 Å². The Morgan fingerprint density at radius 3 is 2.67 bits per heavy atom. The van der Waals surface area contributed by atoms with E-state index in [4.69, 9.17) is 4.74 Å². The third kappa shape index (κ3) is 3.16. The fraction of sp³-hybridized carbons (Fsp3) is 0.600. The van der Waals surface area contributed by atoms with Crippen molar-refractivity contribution >= 4 is 0 Å². The number of aromatic hydroxyl groups is 1. The minimum absolute atomic E-state index is 0.236. The summed E-state index contributed by atoms with van der Waals surface area (Å²) < 4.78 is 5.93. The van der Waals surface area contributed by atoms with Crippen LogP contribution in [0.2, 0.25) is 0 Å². The second kappa shape index (κ2) is 6.10. The lowest BCUT2D eigenvalue weighted by atomic mass is 10.1.